The SMILES string of the molecule is N#Cc1c(F)cccc1NCCn1ccnc1. The number of hydrogen-bond acceptors (Lipinski definition) is 3. The Morgan fingerprint density at radius 2 is 2.35 bits per heavy atom. The maximum Gasteiger partial charge on any atom is 0.143 e. The zero-order chi connectivity index (χ0) is 12.1. The monoisotopic (exact) mass is 230 g/mol. The van der Waals surface area contributed by atoms with Gasteiger partial charge in [-0.15, -0.1) is 0 Å². The fourth-order valence-electron chi connectivity index (χ4n) is 1.52. The van der Waals surface area contributed by atoms with Crippen molar-refractivity contribution in [3.8, 4) is 6.07 Å². The zero-order valence-electron chi connectivity index (χ0n) is 9.10. The van der Waals surface area contributed by atoms with E-state index in [1.54, 1.807) is 24.7 Å². The number of hydrogen-bond donors (Lipinski definition) is 1. The molecular formula is C12H11FN4. The summed E-state index contributed by atoms with van der Waals surface area (Å²) < 4.78 is 15.2. The Bertz CT molecular complexity index is 528. The van der Waals surface area contributed by atoms with Gasteiger partial charge in [-0.25, -0.2) is 9.37 Å². The molecule has 0 saturated carbocycles. The summed E-state index contributed by atoms with van der Waals surface area (Å²) in [6.07, 6.45) is 5.25. The van der Waals surface area contributed by atoms with Crippen molar-refractivity contribution in [2.75, 3.05) is 11.9 Å². The van der Waals surface area contributed by atoms with Crippen LogP contribution >= 0.6 is 0 Å². The lowest BCUT2D eigenvalue weighted by atomic mass is 10.2. The van der Waals surface area contributed by atoms with Gasteiger partial charge in [0.2, 0.25) is 0 Å². The molecule has 1 heterocycles. The molecule has 2 aromatic rings. The maximum atomic E-state index is 13.3. The molecule has 0 spiro atoms. The molecule has 0 atom stereocenters. The van der Waals surface area contributed by atoms with Gasteiger partial charge in [-0.1, -0.05) is 6.07 Å². The molecule has 0 radical (unpaired) electrons. The van der Waals surface area contributed by atoms with E-state index in [0.717, 1.165) is 0 Å². The summed E-state index contributed by atoms with van der Waals surface area (Å²) in [5.41, 5.74) is 0.575. The van der Waals surface area contributed by atoms with Crippen LogP contribution < -0.4 is 5.32 Å². The molecule has 0 amide bonds. The van der Waals surface area contributed by atoms with Gasteiger partial charge in [0.25, 0.3) is 0 Å². The van der Waals surface area contributed by atoms with Crippen molar-refractivity contribution in [2.45, 2.75) is 6.54 Å². The third-order valence-corrected chi connectivity index (χ3v) is 2.37. The molecule has 0 fully saturated rings. The predicted octanol–water partition coefficient (Wildman–Crippen LogP) is 2.01. The third-order valence-electron chi connectivity index (χ3n) is 2.37. The topological polar surface area (TPSA) is 53.6 Å². The van der Waals surface area contributed by atoms with Crippen LogP contribution in [-0.2, 0) is 6.54 Å². The average Bonchev–Trinajstić information content (AvgIpc) is 2.82. The van der Waals surface area contributed by atoms with Crippen molar-refractivity contribution >= 4 is 5.69 Å². The lowest BCUT2D eigenvalue weighted by Gasteiger charge is -2.08. The molecule has 0 aliphatic rings. The van der Waals surface area contributed by atoms with E-state index in [-0.39, 0.29) is 5.56 Å². The summed E-state index contributed by atoms with van der Waals surface area (Å²) in [5, 5.41) is 11.9. The predicted molar refractivity (Wildman–Crippen MR) is 61.8 cm³/mol. The number of benzene rings is 1. The van der Waals surface area contributed by atoms with Crippen molar-refractivity contribution in [1.82, 2.24) is 9.55 Å². The Balaban J connectivity index is 2.00. The zero-order valence-corrected chi connectivity index (χ0v) is 9.10. The maximum absolute atomic E-state index is 13.3. The van der Waals surface area contributed by atoms with Crippen LogP contribution in [0.5, 0.6) is 0 Å². The van der Waals surface area contributed by atoms with Crippen LogP contribution in [0.25, 0.3) is 0 Å². The number of rotatable bonds is 4. The first-order valence-corrected chi connectivity index (χ1v) is 5.19. The van der Waals surface area contributed by atoms with E-state index < -0.39 is 5.82 Å². The molecule has 0 aliphatic carbocycles. The normalized spacial score (nSPS) is 9.88. The van der Waals surface area contributed by atoms with Gasteiger partial charge < -0.3 is 9.88 Å². The highest BCUT2D eigenvalue weighted by atomic mass is 19.1. The third kappa shape index (κ3) is 2.61. The van der Waals surface area contributed by atoms with E-state index in [0.29, 0.717) is 18.8 Å². The number of aromatic nitrogens is 2. The molecule has 86 valence electrons. The second-order valence-electron chi connectivity index (χ2n) is 3.50. The van der Waals surface area contributed by atoms with Crippen molar-refractivity contribution < 1.29 is 4.39 Å². The van der Waals surface area contributed by atoms with Gasteiger partial charge in [0.1, 0.15) is 17.4 Å². The molecule has 1 aromatic carbocycles. The number of nitrogens with one attached hydrogen (secondary N) is 1. The second-order valence-corrected chi connectivity index (χ2v) is 3.50. The summed E-state index contributed by atoms with van der Waals surface area (Å²) in [6.45, 7) is 1.32. The summed E-state index contributed by atoms with van der Waals surface area (Å²) in [5.74, 6) is -0.500. The lowest BCUT2D eigenvalue weighted by Crippen LogP contribution is -2.10. The fourth-order valence-corrected chi connectivity index (χ4v) is 1.52. The van der Waals surface area contributed by atoms with Crippen molar-refractivity contribution in [1.29, 1.82) is 5.26 Å². The van der Waals surface area contributed by atoms with Crippen molar-refractivity contribution in [3.05, 3.63) is 48.3 Å². The quantitative estimate of drug-likeness (QED) is 0.874. The lowest BCUT2D eigenvalue weighted by molar-refractivity contribution is 0.624. The van der Waals surface area contributed by atoms with Crippen LogP contribution in [0.2, 0.25) is 0 Å². The molecule has 17 heavy (non-hydrogen) atoms. The molecular weight excluding hydrogens is 219 g/mol. The average molecular weight is 230 g/mol. The van der Waals surface area contributed by atoms with Crippen LogP contribution in [0.15, 0.2) is 36.9 Å². The molecule has 1 N–H and O–H groups in total. The minimum atomic E-state index is -0.500. The molecule has 0 bridgehead atoms. The Kier molecular flexibility index (Phi) is 3.36. The van der Waals surface area contributed by atoms with Gasteiger partial charge in [0, 0.05) is 25.5 Å². The van der Waals surface area contributed by atoms with Crippen LogP contribution in [0.3, 0.4) is 0 Å². The molecule has 0 unspecified atom stereocenters. The summed E-state index contributed by atoms with van der Waals surface area (Å²) in [7, 11) is 0. The van der Waals surface area contributed by atoms with Gasteiger partial charge in [-0.3, -0.25) is 0 Å². The van der Waals surface area contributed by atoms with Gasteiger partial charge in [0.15, 0.2) is 0 Å². The Hall–Kier alpha value is -2.35. The highest BCUT2D eigenvalue weighted by molar-refractivity contribution is 5.57. The van der Waals surface area contributed by atoms with Crippen LogP contribution in [-0.4, -0.2) is 16.1 Å². The van der Waals surface area contributed by atoms with Crippen LogP contribution in [0, 0.1) is 17.1 Å². The van der Waals surface area contributed by atoms with E-state index in [1.807, 2.05) is 16.8 Å². The van der Waals surface area contributed by atoms with Gasteiger partial charge in [-0.2, -0.15) is 5.26 Å². The minimum Gasteiger partial charge on any atom is -0.382 e. The van der Waals surface area contributed by atoms with Crippen LogP contribution in [0.1, 0.15) is 5.56 Å². The van der Waals surface area contributed by atoms with E-state index >= 15 is 0 Å². The molecule has 4 nitrogen and oxygen atoms in total. The molecule has 2 rings (SSSR count). The fraction of sp³-hybridized carbons (Fsp3) is 0.167. The number of imidazole rings is 1. The highest BCUT2D eigenvalue weighted by Gasteiger charge is 2.06. The first-order chi connectivity index (χ1) is 8.31. The molecule has 0 saturated heterocycles. The van der Waals surface area contributed by atoms with Crippen LogP contribution in [0.4, 0.5) is 10.1 Å². The summed E-state index contributed by atoms with van der Waals surface area (Å²) in [4.78, 5) is 3.92. The molecule has 5 heteroatoms. The number of anilines is 1. The van der Waals surface area contributed by atoms with Gasteiger partial charge in [0.05, 0.1) is 12.0 Å². The van der Waals surface area contributed by atoms with Gasteiger partial charge >= 0.3 is 0 Å². The molecule has 1 aromatic heterocycles. The Labute approximate surface area is 98.3 Å². The van der Waals surface area contributed by atoms with E-state index in [2.05, 4.69) is 10.3 Å². The second kappa shape index (κ2) is 5.12. The number of halogens is 1. The Morgan fingerprint density at radius 1 is 1.47 bits per heavy atom. The van der Waals surface area contributed by atoms with Crippen molar-refractivity contribution in [2.24, 2.45) is 0 Å². The Morgan fingerprint density at radius 3 is 3.06 bits per heavy atom. The molecule has 0 aliphatic heterocycles. The first-order valence-electron chi connectivity index (χ1n) is 5.19. The minimum absolute atomic E-state index is 0.0538. The van der Waals surface area contributed by atoms with E-state index in [9.17, 15) is 4.39 Å². The summed E-state index contributed by atoms with van der Waals surface area (Å²) >= 11 is 0. The smallest absolute Gasteiger partial charge is 0.143 e. The number of nitriles is 1. The van der Waals surface area contributed by atoms with E-state index in [4.69, 9.17) is 5.26 Å². The summed E-state index contributed by atoms with van der Waals surface area (Å²) in [6, 6.07) is 6.40. The largest absolute Gasteiger partial charge is 0.382 e. The first kappa shape index (κ1) is 11.1. The van der Waals surface area contributed by atoms with E-state index in [1.165, 1.54) is 6.07 Å². The van der Waals surface area contributed by atoms with Crippen molar-refractivity contribution in [3.63, 3.8) is 0 Å². The highest BCUT2D eigenvalue weighted by Crippen LogP contribution is 2.17. The van der Waals surface area contributed by atoms with Gasteiger partial charge in [-0.05, 0) is 12.1 Å². The number of nitrogens with zero attached hydrogens (tertiary/aromatic N) is 3. The standard InChI is InChI=1S/C12H11FN4/c13-11-2-1-3-12(10(11)8-14)16-5-7-17-6-4-15-9-17/h1-4,6,9,16H,5,7H2.